The molecule has 0 aromatic carbocycles. The molecule has 128 valence electrons. The van der Waals surface area contributed by atoms with E-state index in [4.69, 9.17) is 4.74 Å². The Balaban J connectivity index is 2.86. The molecule has 1 aliphatic rings. The van der Waals surface area contributed by atoms with Gasteiger partial charge in [-0.1, -0.05) is 12.8 Å². The molecule has 0 amide bonds. The monoisotopic (exact) mass is 324 g/mol. The van der Waals surface area contributed by atoms with E-state index >= 15 is 0 Å². The molecular formula is C15H23F3O4. The molecule has 0 aliphatic heterocycles. The first-order valence-corrected chi connectivity index (χ1v) is 7.41. The lowest BCUT2D eigenvalue weighted by molar-refractivity contribution is -0.171. The number of rotatable bonds is 7. The Labute approximate surface area is 128 Å². The molecule has 1 rings (SSSR count). The first-order chi connectivity index (χ1) is 9.89. The van der Waals surface area contributed by atoms with Crippen molar-refractivity contribution in [1.82, 2.24) is 0 Å². The van der Waals surface area contributed by atoms with E-state index in [1.807, 2.05) is 0 Å². The third-order valence-corrected chi connectivity index (χ3v) is 3.54. The van der Waals surface area contributed by atoms with Gasteiger partial charge in [-0.25, -0.2) is 0 Å². The number of carboxylic acids is 1. The molecule has 2 atom stereocenters. The molecule has 22 heavy (non-hydrogen) atoms. The van der Waals surface area contributed by atoms with Gasteiger partial charge in [-0.3, -0.25) is 9.59 Å². The summed E-state index contributed by atoms with van der Waals surface area (Å²) in [5, 5.41) is 9.31. The van der Waals surface area contributed by atoms with Gasteiger partial charge in [0.15, 0.2) is 0 Å². The van der Waals surface area contributed by atoms with Crippen LogP contribution in [0.4, 0.5) is 13.2 Å². The maximum absolute atomic E-state index is 12.5. The Morgan fingerprint density at radius 2 is 1.73 bits per heavy atom. The molecule has 1 aliphatic carbocycles. The lowest BCUT2D eigenvalue weighted by Gasteiger charge is -2.27. The van der Waals surface area contributed by atoms with Gasteiger partial charge in [0.2, 0.25) is 0 Å². The summed E-state index contributed by atoms with van der Waals surface area (Å²) < 4.78 is 42.5. The molecule has 0 spiro atoms. The summed E-state index contributed by atoms with van der Waals surface area (Å²) in [4.78, 5) is 23.6. The first-order valence-electron chi connectivity index (χ1n) is 7.41. The van der Waals surface area contributed by atoms with Gasteiger partial charge >= 0.3 is 18.1 Å². The molecule has 7 heteroatoms. The number of alkyl halides is 3. The highest BCUT2D eigenvalue weighted by Crippen LogP contribution is 2.40. The molecular weight excluding hydrogens is 301 g/mol. The van der Waals surface area contributed by atoms with Gasteiger partial charge in [0, 0.05) is 6.42 Å². The highest BCUT2D eigenvalue weighted by molar-refractivity contribution is 5.81. The zero-order valence-corrected chi connectivity index (χ0v) is 13.1. The number of halogens is 3. The van der Waals surface area contributed by atoms with Crippen molar-refractivity contribution in [3.8, 4) is 0 Å². The van der Waals surface area contributed by atoms with E-state index in [1.54, 1.807) is 20.8 Å². The Kier molecular flexibility index (Phi) is 5.87. The minimum absolute atomic E-state index is 0.192. The number of aliphatic carboxylic acids is 1. The second-order valence-electron chi connectivity index (χ2n) is 6.92. The molecule has 0 heterocycles. The second-order valence-corrected chi connectivity index (χ2v) is 6.92. The van der Waals surface area contributed by atoms with Gasteiger partial charge in [0.05, 0.1) is 11.8 Å². The lowest BCUT2D eigenvalue weighted by Crippen LogP contribution is -2.36. The zero-order valence-electron chi connectivity index (χ0n) is 13.1. The first kappa shape index (κ1) is 18.8. The van der Waals surface area contributed by atoms with Crippen molar-refractivity contribution in [3.05, 3.63) is 0 Å². The summed E-state index contributed by atoms with van der Waals surface area (Å²) in [6.45, 7) is 4.80. The maximum atomic E-state index is 12.5. The topological polar surface area (TPSA) is 63.6 Å². The van der Waals surface area contributed by atoms with Crippen molar-refractivity contribution >= 4 is 11.9 Å². The van der Waals surface area contributed by atoms with Gasteiger partial charge in [-0.2, -0.15) is 13.2 Å². The number of hydrogen-bond acceptors (Lipinski definition) is 3. The van der Waals surface area contributed by atoms with Crippen LogP contribution in [0.2, 0.25) is 0 Å². The molecule has 0 bridgehead atoms. The predicted octanol–water partition coefficient (Wildman–Crippen LogP) is 3.79. The lowest BCUT2D eigenvalue weighted by atomic mass is 9.84. The molecule has 0 aromatic rings. The zero-order chi connectivity index (χ0) is 17.1. The van der Waals surface area contributed by atoms with Crippen molar-refractivity contribution in [2.75, 3.05) is 0 Å². The fourth-order valence-corrected chi connectivity index (χ4v) is 2.33. The normalized spacial score (nSPS) is 18.6. The van der Waals surface area contributed by atoms with Crippen molar-refractivity contribution in [1.29, 1.82) is 0 Å². The van der Waals surface area contributed by atoms with Crippen LogP contribution in [0.15, 0.2) is 0 Å². The smallest absolute Gasteiger partial charge is 0.389 e. The van der Waals surface area contributed by atoms with Crippen LogP contribution in [0.3, 0.4) is 0 Å². The van der Waals surface area contributed by atoms with Gasteiger partial charge < -0.3 is 9.84 Å². The fourth-order valence-electron chi connectivity index (χ4n) is 2.33. The number of hydrogen-bond donors (Lipinski definition) is 1. The number of carbonyl (C=O) groups is 2. The van der Waals surface area contributed by atoms with E-state index in [2.05, 4.69) is 0 Å². The molecule has 0 saturated heterocycles. The van der Waals surface area contributed by atoms with Crippen LogP contribution < -0.4 is 0 Å². The van der Waals surface area contributed by atoms with Crippen molar-refractivity contribution in [2.24, 2.45) is 17.8 Å². The van der Waals surface area contributed by atoms with E-state index < -0.39 is 48.4 Å². The Bertz CT molecular complexity index is 408. The van der Waals surface area contributed by atoms with Crippen molar-refractivity contribution in [2.45, 2.75) is 64.7 Å². The Morgan fingerprint density at radius 3 is 2.09 bits per heavy atom. The van der Waals surface area contributed by atoms with Gasteiger partial charge in [0.25, 0.3) is 0 Å². The second kappa shape index (κ2) is 6.87. The van der Waals surface area contributed by atoms with Crippen LogP contribution in [0.5, 0.6) is 0 Å². The van der Waals surface area contributed by atoms with Crippen molar-refractivity contribution < 1.29 is 32.6 Å². The number of carbonyl (C=O) groups excluding carboxylic acids is 1. The van der Waals surface area contributed by atoms with E-state index in [0.29, 0.717) is 0 Å². The van der Waals surface area contributed by atoms with Gasteiger partial charge in [-0.15, -0.1) is 0 Å². The molecule has 4 nitrogen and oxygen atoms in total. The third kappa shape index (κ3) is 7.13. The molecule has 1 saturated carbocycles. The number of ether oxygens (including phenoxy) is 1. The number of carboxylic acid groups (broad SMARTS) is 1. The van der Waals surface area contributed by atoms with Crippen LogP contribution in [-0.2, 0) is 14.3 Å². The standard InChI is InChI=1S/C15H23F3O4/c1-14(2,3)22-13(21)10(6-7-15(16,17)18)11(12(19)20)8-9-4-5-9/h9-11H,4-8H2,1-3H3,(H,19,20)/t10-,11+/m0/s1. The summed E-state index contributed by atoms with van der Waals surface area (Å²) in [6, 6.07) is 0. The highest BCUT2D eigenvalue weighted by Gasteiger charge is 2.42. The average Bonchev–Trinajstić information content (AvgIpc) is 3.07. The summed E-state index contributed by atoms with van der Waals surface area (Å²) in [5.74, 6) is -4.28. The summed E-state index contributed by atoms with van der Waals surface area (Å²) in [7, 11) is 0. The van der Waals surface area contributed by atoms with Crippen LogP contribution in [-0.4, -0.2) is 28.8 Å². The SMILES string of the molecule is CC(C)(C)OC(=O)[C@@H](CCC(F)(F)F)[C@@H](CC1CC1)C(=O)O. The highest BCUT2D eigenvalue weighted by atomic mass is 19.4. The molecule has 1 fully saturated rings. The summed E-state index contributed by atoms with van der Waals surface area (Å²) >= 11 is 0. The van der Waals surface area contributed by atoms with Crippen LogP contribution >= 0.6 is 0 Å². The Morgan fingerprint density at radius 1 is 1.18 bits per heavy atom. The van der Waals surface area contributed by atoms with E-state index in [1.165, 1.54) is 0 Å². The van der Waals surface area contributed by atoms with Crippen LogP contribution in [0, 0.1) is 17.8 Å². The summed E-state index contributed by atoms with van der Waals surface area (Å²) in [6.07, 6.45) is -4.21. The van der Waals surface area contributed by atoms with Crippen molar-refractivity contribution in [3.63, 3.8) is 0 Å². The fraction of sp³-hybridized carbons (Fsp3) is 0.867. The van der Waals surface area contributed by atoms with E-state index in [0.717, 1.165) is 12.8 Å². The molecule has 0 aromatic heterocycles. The predicted molar refractivity (Wildman–Crippen MR) is 73.1 cm³/mol. The Hall–Kier alpha value is -1.27. The van der Waals surface area contributed by atoms with Crippen LogP contribution in [0.1, 0.15) is 52.9 Å². The van der Waals surface area contributed by atoms with E-state index in [-0.39, 0.29) is 12.3 Å². The maximum Gasteiger partial charge on any atom is 0.389 e. The van der Waals surface area contributed by atoms with Gasteiger partial charge in [0.1, 0.15) is 5.60 Å². The average molecular weight is 324 g/mol. The molecule has 0 unspecified atom stereocenters. The largest absolute Gasteiger partial charge is 0.481 e. The third-order valence-electron chi connectivity index (χ3n) is 3.54. The van der Waals surface area contributed by atoms with E-state index in [9.17, 15) is 27.9 Å². The minimum atomic E-state index is -4.43. The van der Waals surface area contributed by atoms with Crippen LogP contribution in [0.25, 0.3) is 0 Å². The molecule has 0 radical (unpaired) electrons. The minimum Gasteiger partial charge on any atom is -0.481 e. The number of esters is 1. The summed E-state index contributed by atoms with van der Waals surface area (Å²) in [5.41, 5.74) is -0.865. The quantitative estimate of drug-likeness (QED) is 0.724. The van der Waals surface area contributed by atoms with Gasteiger partial charge in [-0.05, 0) is 39.5 Å². The molecule has 1 N–H and O–H groups in total.